The Kier molecular flexibility index (Phi) is 7.95. The molecule has 5 rings (SSSR count). The molecular weight excluding hydrogens is 585 g/mol. The highest BCUT2D eigenvalue weighted by atomic mass is 32.2. The average Bonchev–Trinajstić information content (AvgIpc) is 3.61. The van der Waals surface area contributed by atoms with Gasteiger partial charge in [0, 0.05) is 11.4 Å². The fourth-order valence-electron chi connectivity index (χ4n) is 4.21. The number of thioether (sulfide) groups is 1. The van der Waals surface area contributed by atoms with Crippen LogP contribution in [-0.2, 0) is 19.6 Å². The summed E-state index contributed by atoms with van der Waals surface area (Å²) in [4.78, 5) is 30.5. The van der Waals surface area contributed by atoms with Crippen molar-refractivity contribution in [2.45, 2.75) is 17.7 Å². The molecule has 41 heavy (non-hydrogen) atoms. The number of nitrogens with two attached hydrogens (primary N) is 1. The molecule has 0 saturated heterocycles. The Morgan fingerprint density at radius 1 is 1.15 bits per heavy atom. The predicted molar refractivity (Wildman–Crippen MR) is 157 cm³/mol. The number of amides is 2. The predicted octanol–water partition coefficient (Wildman–Crippen LogP) is 4.24. The molecule has 1 atom stereocenters. The number of benzene rings is 2. The summed E-state index contributed by atoms with van der Waals surface area (Å²) < 4.78 is 29.7. The second-order valence-corrected chi connectivity index (χ2v) is 12.4. The molecule has 0 unspecified atom stereocenters. The van der Waals surface area contributed by atoms with E-state index in [4.69, 9.17) is 9.56 Å². The number of rotatable bonds is 8. The SMILES string of the molecule is CC1=C(C(=O)Nc2ccc(S(N)(=O)=O)cc2)[C@H](c2ccco2)C(C#N)=C(SCC(=O)Nc2nc3ccccc3s2)N1. The number of hydrogen-bond donors (Lipinski definition) is 4. The number of fused-ring (bicyclic) bond motifs is 1. The van der Waals surface area contributed by atoms with Crippen LogP contribution in [0.5, 0.6) is 0 Å². The quantitative estimate of drug-likeness (QED) is 0.228. The van der Waals surface area contributed by atoms with Crippen LogP contribution in [0.15, 0.2) is 98.1 Å². The van der Waals surface area contributed by atoms with Gasteiger partial charge in [-0.3, -0.25) is 9.59 Å². The summed E-state index contributed by atoms with van der Waals surface area (Å²) in [6.07, 6.45) is 1.45. The lowest BCUT2D eigenvalue weighted by atomic mass is 9.85. The minimum absolute atomic E-state index is 0.0144. The highest BCUT2D eigenvalue weighted by Crippen LogP contribution is 2.41. The number of furan rings is 1. The number of allylic oxidation sites excluding steroid dienone is 2. The maximum absolute atomic E-state index is 13.5. The van der Waals surface area contributed by atoms with Crippen LogP contribution in [0.4, 0.5) is 10.8 Å². The fraction of sp³-hybridized carbons (Fsp3) is 0.111. The third-order valence-corrected chi connectivity index (χ3v) is 8.95. The van der Waals surface area contributed by atoms with Crippen molar-refractivity contribution >= 4 is 66.0 Å². The normalized spacial score (nSPS) is 15.4. The Bertz CT molecular complexity index is 1820. The lowest BCUT2D eigenvalue weighted by molar-refractivity contribution is -0.114. The number of primary sulfonamides is 1. The molecule has 4 aromatic rings. The first-order chi connectivity index (χ1) is 19.6. The summed E-state index contributed by atoms with van der Waals surface area (Å²) in [5, 5.41) is 24.8. The number of para-hydroxylation sites is 1. The van der Waals surface area contributed by atoms with Gasteiger partial charge in [-0.2, -0.15) is 5.26 Å². The van der Waals surface area contributed by atoms with Crippen molar-refractivity contribution in [2.75, 3.05) is 16.4 Å². The molecule has 5 N–H and O–H groups in total. The molecule has 1 aliphatic rings. The van der Waals surface area contributed by atoms with Crippen molar-refractivity contribution in [1.29, 1.82) is 5.26 Å². The molecular formula is C27H22N6O5S3. The molecule has 2 aromatic heterocycles. The molecule has 11 nitrogen and oxygen atoms in total. The Balaban J connectivity index is 1.36. The molecule has 2 aromatic carbocycles. The van der Waals surface area contributed by atoms with Crippen LogP contribution in [0.3, 0.4) is 0 Å². The minimum Gasteiger partial charge on any atom is -0.468 e. The largest absolute Gasteiger partial charge is 0.468 e. The van der Waals surface area contributed by atoms with Crippen molar-refractivity contribution in [3.63, 3.8) is 0 Å². The standard InChI is InChI=1S/C27H22N6O5S3/c1-15-23(25(35)31-16-8-10-17(11-9-16)41(29,36)37)24(20-6-4-12-38-20)18(13-28)26(30-15)39-14-22(34)33-27-32-19-5-2-3-7-21(19)40-27/h2-12,24,30H,14H2,1H3,(H,31,35)(H2,29,36,37)(H,32,33,34)/t24-/m0/s1. The van der Waals surface area contributed by atoms with E-state index in [9.17, 15) is 23.3 Å². The number of carbonyl (C=O) groups excluding carboxylic acids is 2. The highest BCUT2D eigenvalue weighted by molar-refractivity contribution is 8.03. The van der Waals surface area contributed by atoms with E-state index in [1.54, 1.807) is 19.1 Å². The number of carbonyl (C=O) groups is 2. The molecule has 0 aliphatic carbocycles. The first kappa shape index (κ1) is 28.1. The molecule has 2 amide bonds. The maximum Gasteiger partial charge on any atom is 0.254 e. The van der Waals surface area contributed by atoms with Crippen LogP contribution in [-0.4, -0.2) is 31.0 Å². The second kappa shape index (κ2) is 11.6. The van der Waals surface area contributed by atoms with E-state index in [0.29, 0.717) is 27.3 Å². The zero-order valence-electron chi connectivity index (χ0n) is 21.4. The Morgan fingerprint density at radius 3 is 2.56 bits per heavy atom. The summed E-state index contributed by atoms with van der Waals surface area (Å²) in [6.45, 7) is 1.69. The van der Waals surface area contributed by atoms with Crippen LogP contribution >= 0.6 is 23.1 Å². The van der Waals surface area contributed by atoms with Gasteiger partial charge in [0.15, 0.2) is 5.13 Å². The monoisotopic (exact) mass is 606 g/mol. The molecule has 208 valence electrons. The molecule has 0 bridgehead atoms. The van der Waals surface area contributed by atoms with Gasteiger partial charge in [0.1, 0.15) is 5.76 Å². The van der Waals surface area contributed by atoms with E-state index >= 15 is 0 Å². The Hall–Kier alpha value is -4.42. The number of thiazole rings is 1. The number of sulfonamides is 1. The summed E-state index contributed by atoms with van der Waals surface area (Å²) in [5.74, 6) is -1.32. The van der Waals surface area contributed by atoms with Gasteiger partial charge in [0.25, 0.3) is 5.91 Å². The molecule has 0 spiro atoms. The second-order valence-electron chi connectivity index (χ2n) is 8.81. The lowest BCUT2D eigenvalue weighted by Crippen LogP contribution is -2.31. The summed E-state index contributed by atoms with van der Waals surface area (Å²) in [6, 6.07) is 18.4. The van der Waals surface area contributed by atoms with Crippen LogP contribution < -0.4 is 21.1 Å². The number of nitrogens with one attached hydrogen (secondary N) is 3. The molecule has 0 fully saturated rings. The average molecular weight is 607 g/mol. The first-order valence-corrected chi connectivity index (χ1v) is 15.4. The zero-order valence-corrected chi connectivity index (χ0v) is 23.8. The van der Waals surface area contributed by atoms with E-state index < -0.39 is 21.8 Å². The van der Waals surface area contributed by atoms with Gasteiger partial charge in [-0.05, 0) is 55.5 Å². The van der Waals surface area contributed by atoms with Gasteiger partial charge in [-0.1, -0.05) is 35.2 Å². The number of aromatic nitrogens is 1. The van der Waals surface area contributed by atoms with Crippen molar-refractivity contribution in [3.8, 4) is 6.07 Å². The van der Waals surface area contributed by atoms with Crippen LogP contribution in [0.1, 0.15) is 18.6 Å². The third kappa shape index (κ3) is 6.18. The number of anilines is 2. The van der Waals surface area contributed by atoms with E-state index in [0.717, 1.165) is 22.0 Å². The number of dihydropyridines is 1. The van der Waals surface area contributed by atoms with E-state index in [1.807, 2.05) is 24.3 Å². The maximum atomic E-state index is 13.5. The van der Waals surface area contributed by atoms with Crippen molar-refractivity contribution in [3.05, 3.63) is 94.6 Å². The Labute approximate surface area is 243 Å². The summed E-state index contributed by atoms with van der Waals surface area (Å²) in [5.41, 5.74) is 2.01. The Morgan fingerprint density at radius 2 is 1.90 bits per heavy atom. The third-order valence-electron chi connectivity index (χ3n) is 6.05. The fourth-order valence-corrected chi connectivity index (χ4v) is 6.50. The van der Waals surface area contributed by atoms with Crippen molar-refractivity contribution in [1.82, 2.24) is 10.3 Å². The van der Waals surface area contributed by atoms with Gasteiger partial charge >= 0.3 is 0 Å². The summed E-state index contributed by atoms with van der Waals surface area (Å²) in [7, 11) is -3.89. The smallest absolute Gasteiger partial charge is 0.254 e. The zero-order chi connectivity index (χ0) is 29.1. The number of nitrogens with zero attached hydrogens (tertiary/aromatic N) is 2. The number of nitriles is 1. The van der Waals surface area contributed by atoms with Crippen LogP contribution in [0, 0.1) is 11.3 Å². The van der Waals surface area contributed by atoms with E-state index in [1.165, 1.54) is 41.9 Å². The van der Waals surface area contributed by atoms with Crippen molar-refractivity contribution in [2.24, 2.45) is 5.14 Å². The van der Waals surface area contributed by atoms with Crippen molar-refractivity contribution < 1.29 is 22.4 Å². The number of hydrogen-bond acceptors (Lipinski definition) is 10. The molecule has 0 radical (unpaired) electrons. The highest BCUT2D eigenvalue weighted by Gasteiger charge is 2.36. The van der Waals surface area contributed by atoms with Gasteiger partial charge in [0.05, 0.1) is 55.3 Å². The van der Waals surface area contributed by atoms with Gasteiger partial charge in [-0.25, -0.2) is 18.5 Å². The first-order valence-electron chi connectivity index (χ1n) is 12.0. The topological polar surface area (TPSA) is 180 Å². The molecule has 0 saturated carbocycles. The van der Waals surface area contributed by atoms with Gasteiger partial charge < -0.3 is 20.4 Å². The van der Waals surface area contributed by atoms with Crippen LogP contribution in [0.2, 0.25) is 0 Å². The molecule has 3 heterocycles. The minimum atomic E-state index is -3.89. The van der Waals surface area contributed by atoms with Gasteiger partial charge in [-0.15, -0.1) is 0 Å². The van der Waals surface area contributed by atoms with Crippen LogP contribution in [0.25, 0.3) is 10.2 Å². The van der Waals surface area contributed by atoms with Gasteiger partial charge in [0.2, 0.25) is 15.9 Å². The molecule has 14 heteroatoms. The molecule has 1 aliphatic heterocycles. The van der Waals surface area contributed by atoms with E-state index in [2.05, 4.69) is 27.0 Å². The summed E-state index contributed by atoms with van der Waals surface area (Å²) >= 11 is 2.49. The lowest BCUT2D eigenvalue weighted by Gasteiger charge is -2.28. The van der Waals surface area contributed by atoms with E-state index in [-0.39, 0.29) is 27.7 Å².